The lowest BCUT2D eigenvalue weighted by Crippen LogP contribution is -2.42. The van der Waals surface area contributed by atoms with Crippen molar-refractivity contribution in [2.75, 3.05) is 32.5 Å². The number of H-pyrrole nitrogens is 1. The number of thioether (sulfide) groups is 1. The standard InChI is InChI=1S/C27H36N4O4S/c1-18-26(16-29-30-18)36-13-3-11-31-12-9-19(20(17-31)14-27(33)34)4-7-25(32)22-8-10-28-24-6-5-21(35-2)15-23(22)24/h5-6,8,10,15-16,19-20,25,32H,3-4,7,9,11-14,17H2,1-2H3,(H,29,30)(H,33,34)/t19-,20+,25?/m1/s1. The lowest BCUT2D eigenvalue weighted by atomic mass is 9.79. The van der Waals surface area contributed by atoms with Crippen LogP contribution in [0.5, 0.6) is 5.75 Å². The summed E-state index contributed by atoms with van der Waals surface area (Å²) in [5, 5.41) is 28.5. The minimum Gasteiger partial charge on any atom is -0.497 e. The monoisotopic (exact) mass is 512 g/mol. The average Bonchev–Trinajstić information content (AvgIpc) is 3.29. The van der Waals surface area contributed by atoms with E-state index in [-0.39, 0.29) is 18.3 Å². The van der Waals surface area contributed by atoms with Crippen molar-refractivity contribution in [3.05, 3.63) is 47.9 Å². The molecule has 1 unspecified atom stereocenters. The molecule has 4 rings (SSSR count). The highest BCUT2D eigenvalue weighted by atomic mass is 32.2. The Balaban J connectivity index is 1.32. The quantitative estimate of drug-likeness (QED) is 0.237. The SMILES string of the molecule is COc1ccc2nccc(C(O)CC[C@@H]3CCN(CCCSc4cn[nH]c4C)C[C@@H]3CC(=O)O)c2c1. The van der Waals surface area contributed by atoms with E-state index in [1.54, 1.807) is 13.3 Å². The lowest BCUT2D eigenvalue weighted by Gasteiger charge is -2.38. The van der Waals surface area contributed by atoms with Crippen molar-refractivity contribution in [2.45, 2.75) is 50.0 Å². The van der Waals surface area contributed by atoms with E-state index >= 15 is 0 Å². The number of fused-ring (bicyclic) bond motifs is 1. The number of rotatable bonds is 12. The van der Waals surface area contributed by atoms with Gasteiger partial charge in [-0.1, -0.05) is 0 Å². The molecule has 2 aromatic heterocycles. The number of hydrogen-bond donors (Lipinski definition) is 3. The number of pyridine rings is 1. The van der Waals surface area contributed by atoms with Crippen molar-refractivity contribution in [2.24, 2.45) is 11.8 Å². The molecular weight excluding hydrogens is 476 g/mol. The molecule has 0 amide bonds. The third-order valence-corrected chi connectivity index (χ3v) is 8.44. The Morgan fingerprint density at radius 3 is 2.94 bits per heavy atom. The fourth-order valence-corrected chi connectivity index (χ4v) is 6.12. The van der Waals surface area contributed by atoms with Gasteiger partial charge in [0.15, 0.2) is 0 Å². The number of aliphatic carboxylic acids is 1. The molecule has 8 nitrogen and oxygen atoms in total. The number of aliphatic hydroxyl groups excluding tert-OH is 1. The molecule has 1 aliphatic heterocycles. The molecule has 9 heteroatoms. The van der Waals surface area contributed by atoms with Crippen LogP contribution in [0.1, 0.15) is 49.5 Å². The van der Waals surface area contributed by atoms with E-state index in [9.17, 15) is 15.0 Å². The van der Waals surface area contributed by atoms with Crippen LogP contribution in [0.4, 0.5) is 0 Å². The van der Waals surface area contributed by atoms with Gasteiger partial charge in [-0.3, -0.25) is 14.9 Å². The van der Waals surface area contributed by atoms with Crippen LogP contribution in [-0.2, 0) is 4.79 Å². The largest absolute Gasteiger partial charge is 0.497 e. The lowest BCUT2D eigenvalue weighted by molar-refractivity contribution is -0.139. The topological polar surface area (TPSA) is 112 Å². The first-order valence-corrected chi connectivity index (χ1v) is 13.6. The van der Waals surface area contributed by atoms with Gasteiger partial charge in [0.25, 0.3) is 0 Å². The summed E-state index contributed by atoms with van der Waals surface area (Å²) in [6.45, 7) is 4.78. The van der Waals surface area contributed by atoms with Gasteiger partial charge in [0.1, 0.15) is 5.75 Å². The molecule has 36 heavy (non-hydrogen) atoms. The summed E-state index contributed by atoms with van der Waals surface area (Å²) < 4.78 is 5.36. The van der Waals surface area contributed by atoms with Gasteiger partial charge in [0, 0.05) is 35.1 Å². The zero-order chi connectivity index (χ0) is 25.5. The van der Waals surface area contributed by atoms with Crippen molar-refractivity contribution in [3.63, 3.8) is 0 Å². The van der Waals surface area contributed by atoms with Gasteiger partial charge in [-0.05, 0) is 93.1 Å². The van der Waals surface area contributed by atoms with E-state index in [4.69, 9.17) is 4.74 Å². The maximum Gasteiger partial charge on any atom is 0.303 e. The number of nitrogens with one attached hydrogen (secondary N) is 1. The normalized spacial score (nSPS) is 19.4. The molecule has 0 aliphatic carbocycles. The number of benzene rings is 1. The summed E-state index contributed by atoms with van der Waals surface area (Å²) in [6.07, 6.45) is 6.55. The molecule has 3 aromatic rings. The van der Waals surface area contributed by atoms with Crippen LogP contribution in [-0.4, -0.2) is 68.8 Å². The minimum absolute atomic E-state index is 0.0986. The Bertz CT molecular complexity index is 1150. The number of likely N-dealkylation sites (tertiary alicyclic amines) is 1. The third-order valence-electron chi connectivity index (χ3n) is 7.22. The second kappa shape index (κ2) is 12.6. The molecule has 1 fully saturated rings. The maximum absolute atomic E-state index is 11.6. The number of aryl methyl sites for hydroxylation is 1. The molecule has 0 radical (unpaired) electrons. The number of carboxylic acid groups (broad SMARTS) is 1. The predicted octanol–water partition coefficient (Wildman–Crippen LogP) is 4.68. The van der Waals surface area contributed by atoms with Gasteiger partial charge in [-0.15, -0.1) is 11.8 Å². The first-order valence-electron chi connectivity index (χ1n) is 12.6. The highest BCUT2D eigenvalue weighted by Crippen LogP contribution is 2.35. The number of piperidine rings is 1. The number of methoxy groups -OCH3 is 1. The number of ether oxygens (including phenoxy) is 1. The average molecular weight is 513 g/mol. The predicted molar refractivity (Wildman–Crippen MR) is 141 cm³/mol. The first kappa shape index (κ1) is 26.4. The molecule has 0 spiro atoms. The third kappa shape index (κ3) is 6.78. The smallest absolute Gasteiger partial charge is 0.303 e. The van der Waals surface area contributed by atoms with E-state index in [1.165, 1.54) is 4.90 Å². The summed E-state index contributed by atoms with van der Waals surface area (Å²) in [5.74, 6) is 1.39. The molecular formula is C27H36N4O4S. The molecule has 3 heterocycles. The number of carboxylic acids is 1. The number of aliphatic hydroxyl groups is 1. The Kier molecular flexibility index (Phi) is 9.23. The number of hydrogen-bond acceptors (Lipinski definition) is 7. The van der Waals surface area contributed by atoms with Crippen molar-refractivity contribution in [1.82, 2.24) is 20.1 Å². The van der Waals surface area contributed by atoms with Crippen LogP contribution >= 0.6 is 11.8 Å². The number of aromatic amines is 1. The minimum atomic E-state index is -0.745. The van der Waals surface area contributed by atoms with Crippen molar-refractivity contribution < 1.29 is 19.7 Å². The molecule has 0 saturated carbocycles. The number of nitrogens with zero attached hydrogens (tertiary/aromatic N) is 3. The van der Waals surface area contributed by atoms with Crippen LogP contribution < -0.4 is 4.74 Å². The van der Waals surface area contributed by atoms with Crippen LogP contribution in [0.3, 0.4) is 0 Å². The van der Waals surface area contributed by atoms with Crippen LogP contribution in [0.25, 0.3) is 10.9 Å². The van der Waals surface area contributed by atoms with Gasteiger partial charge >= 0.3 is 5.97 Å². The maximum atomic E-state index is 11.6. The Morgan fingerprint density at radius 2 is 2.19 bits per heavy atom. The molecule has 1 aromatic carbocycles. The zero-order valence-electron chi connectivity index (χ0n) is 21.0. The number of carbonyl (C=O) groups is 1. The fraction of sp³-hybridized carbons (Fsp3) is 0.519. The van der Waals surface area contributed by atoms with E-state index in [0.717, 1.165) is 72.6 Å². The van der Waals surface area contributed by atoms with Crippen LogP contribution in [0.15, 0.2) is 41.6 Å². The van der Waals surface area contributed by atoms with Gasteiger partial charge in [0.2, 0.25) is 0 Å². The fourth-order valence-electron chi connectivity index (χ4n) is 5.24. The van der Waals surface area contributed by atoms with Crippen molar-refractivity contribution >= 4 is 28.6 Å². The highest BCUT2D eigenvalue weighted by molar-refractivity contribution is 7.99. The van der Waals surface area contributed by atoms with Crippen LogP contribution in [0, 0.1) is 18.8 Å². The Labute approximate surface area is 216 Å². The molecule has 1 saturated heterocycles. The number of aromatic nitrogens is 3. The Hall–Kier alpha value is -2.62. The van der Waals surface area contributed by atoms with Gasteiger partial charge in [-0.25, -0.2) is 0 Å². The molecule has 3 atom stereocenters. The summed E-state index contributed by atoms with van der Waals surface area (Å²) in [5.41, 5.74) is 2.77. The van der Waals surface area contributed by atoms with Crippen molar-refractivity contribution in [1.29, 1.82) is 0 Å². The van der Waals surface area contributed by atoms with E-state index < -0.39 is 12.1 Å². The second-order valence-corrected chi connectivity index (χ2v) is 10.8. The molecule has 0 bridgehead atoms. The molecule has 1 aliphatic rings. The molecule has 194 valence electrons. The Morgan fingerprint density at radius 1 is 1.33 bits per heavy atom. The highest BCUT2D eigenvalue weighted by Gasteiger charge is 2.31. The van der Waals surface area contributed by atoms with E-state index in [1.807, 2.05) is 49.1 Å². The summed E-state index contributed by atoms with van der Waals surface area (Å²) >= 11 is 1.81. The first-order chi connectivity index (χ1) is 17.4. The van der Waals surface area contributed by atoms with Crippen LogP contribution in [0.2, 0.25) is 0 Å². The van der Waals surface area contributed by atoms with E-state index in [2.05, 4.69) is 20.1 Å². The summed E-state index contributed by atoms with van der Waals surface area (Å²) in [6, 6.07) is 7.55. The van der Waals surface area contributed by atoms with Crippen molar-refractivity contribution in [3.8, 4) is 5.75 Å². The summed E-state index contributed by atoms with van der Waals surface area (Å²) in [4.78, 5) is 19.6. The summed E-state index contributed by atoms with van der Waals surface area (Å²) in [7, 11) is 1.63. The van der Waals surface area contributed by atoms with Gasteiger partial charge in [-0.2, -0.15) is 5.10 Å². The van der Waals surface area contributed by atoms with Gasteiger partial charge in [0.05, 0.1) is 24.9 Å². The second-order valence-electron chi connectivity index (χ2n) is 9.64. The zero-order valence-corrected chi connectivity index (χ0v) is 21.8. The molecule has 3 N–H and O–H groups in total. The van der Waals surface area contributed by atoms with Gasteiger partial charge < -0.3 is 19.8 Å². The van der Waals surface area contributed by atoms with E-state index in [0.29, 0.717) is 6.42 Å².